The second kappa shape index (κ2) is 7.24. The predicted molar refractivity (Wildman–Crippen MR) is 108 cm³/mol. The van der Waals surface area contributed by atoms with E-state index < -0.39 is 10.1 Å². The number of oxazole rings is 1. The molecule has 0 spiro atoms. The molecule has 6 nitrogen and oxygen atoms in total. The first-order valence-electron chi connectivity index (χ1n) is 8.48. The monoisotopic (exact) mass is 424 g/mol. The van der Waals surface area contributed by atoms with Crippen LogP contribution >= 0.6 is 11.6 Å². The molecule has 0 aliphatic carbocycles. The van der Waals surface area contributed by atoms with Crippen molar-refractivity contribution in [2.24, 2.45) is 0 Å². The van der Waals surface area contributed by atoms with Gasteiger partial charge in [0.2, 0.25) is 5.89 Å². The fraction of sp³-hybridized carbons (Fsp3) is 0.0476. The maximum absolute atomic E-state index is 12.6. The van der Waals surface area contributed by atoms with Crippen LogP contribution in [0.15, 0.2) is 70.0 Å². The zero-order chi connectivity index (χ0) is 20.6. The van der Waals surface area contributed by atoms with Crippen LogP contribution in [-0.4, -0.2) is 13.4 Å². The molecule has 0 aliphatic rings. The van der Waals surface area contributed by atoms with Crippen LogP contribution in [0.4, 0.5) is 0 Å². The average molecular weight is 425 g/mol. The number of rotatable bonds is 4. The number of nitriles is 1. The van der Waals surface area contributed by atoms with E-state index in [1.54, 1.807) is 12.1 Å². The lowest BCUT2D eigenvalue weighted by Crippen LogP contribution is -2.11. The molecule has 144 valence electrons. The normalized spacial score (nSPS) is 11.3. The molecular formula is C21H13ClN2O4S. The van der Waals surface area contributed by atoms with Gasteiger partial charge in [-0.15, -0.1) is 0 Å². The van der Waals surface area contributed by atoms with E-state index in [0.717, 1.165) is 5.56 Å². The zero-order valence-electron chi connectivity index (χ0n) is 15.1. The highest BCUT2D eigenvalue weighted by atomic mass is 35.5. The van der Waals surface area contributed by atoms with Gasteiger partial charge in [-0.25, -0.2) is 4.98 Å². The van der Waals surface area contributed by atoms with Gasteiger partial charge in [0, 0.05) is 5.56 Å². The molecule has 4 aromatic rings. The molecule has 0 atom stereocenters. The summed E-state index contributed by atoms with van der Waals surface area (Å²) >= 11 is 6.25. The van der Waals surface area contributed by atoms with Crippen molar-refractivity contribution in [3.63, 3.8) is 0 Å². The van der Waals surface area contributed by atoms with Crippen molar-refractivity contribution in [2.45, 2.75) is 11.8 Å². The lowest BCUT2D eigenvalue weighted by atomic mass is 10.2. The molecule has 0 radical (unpaired) electrons. The maximum Gasteiger partial charge on any atom is 0.340 e. The van der Waals surface area contributed by atoms with Gasteiger partial charge in [0.05, 0.1) is 10.6 Å². The van der Waals surface area contributed by atoms with Crippen LogP contribution in [0.25, 0.3) is 22.6 Å². The SMILES string of the molecule is Cc1ccc2nc(-c3ccc(OS(=O)(=O)c4ccccc4C#N)c(Cl)c3)oc2c1. The van der Waals surface area contributed by atoms with Crippen LogP contribution in [0.2, 0.25) is 5.02 Å². The van der Waals surface area contributed by atoms with E-state index in [2.05, 4.69) is 4.98 Å². The van der Waals surface area contributed by atoms with Crippen molar-refractivity contribution in [1.29, 1.82) is 5.26 Å². The Kier molecular flexibility index (Phi) is 4.74. The summed E-state index contributed by atoms with van der Waals surface area (Å²) < 4.78 is 36.1. The number of aromatic nitrogens is 1. The van der Waals surface area contributed by atoms with Crippen LogP contribution < -0.4 is 4.18 Å². The van der Waals surface area contributed by atoms with Gasteiger partial charge in [-0.3, -0.25) is 0 Å². The molecular weight excluding hydrogens is 412 g/mol. The van der Waals surface area contributed by atoms with E-state index in [-0.39, 0.29) is 21.2 Å². The smallest absolute Gasteiger partial charge is 0.340 e. The first kappa shape index (κ1) is 19.0. The number of hydrogen-bond acceptors (Lipinski definition) is 6. The summed E-state index contributed by atoms with van der Waals surface area (Å²) in [6, 6.07) is 17.8. The van der Waals surface area contributed by atoms with E-state index in [9.17, 15) is 8.42 Å². The Morgan fingerprint density at radius 1 is 1.10 bits per heavy atom. The fourth-order valence-corrected chi connectivity index (χ4v) is 4.16. The second-order valence-electron chi connectivity index (χ2n) is 6.28. The summed E-state index contributed by atoms with van der Waals surface area (Å²) in [6.07, 6.45) is 0. The van der Waals surface area contributed by atoms with Crippen LogP contribution in [0.5, 0.6) is 5.75 Å². The van der Waals surface area contributed by atoms with Gasteiger partial charge in [-0.1, -0.05) is 29.8 Å². The number of benzene rings is 3. The van der Waals surface area contributed by atoms with E-state index in [1.807, 2.05) is 31.2 Å². The molecule has 0 unspecified atom stereocenters. The minimum absolute atomic E-state index is 0.0120. The molecule has 0 aliphatic heterocycles. The van der Waals surface area contributed by atoms with Gasteiger partial charge >= 0.3 is 10.1 Å². The van der Waals surface area contributed by atoms with Crippen LogP contribution in [0, 0.1) is 18.3 Å². The fourth-order valence-electron chi connectivity index (χ4n) is 2.80. The first-order chi connectivity index (χ1) is 13.9. The maximum atomic E-state index is 12.6. The molecule has 0 amide bonds. The third kappa shape index (κ3) is 3.68. The van der Waals surface area contributed by atoms with Crippen molar-refractivity contribution in [3.05, 3.63) is 76.8 Å². The largest absolute Gasteiger partial charge is 0.436 e. The summed E-state index contributed by atoms with van der Waals surface area (Å²) in [5, 5.41) is 9.20. The first-order valence-corrected chi connectivity index (χ1v) is 10.3. The van der Waals surface area contributed by atoms with Gasteiger partial charge < -0.3 is 8.60 Å². The van der Waals surface area contributed by atoms with Gasteiger partial charge in [0.1, 0.15) is 16.5 Å². The summed E-state index contributed by atoms with van der Waals surface area (Å²) in [5.41, 5.74) is 2.96. The lowest BCUT2D eigenvalue weighted by molar-refractivity contribution is 0.486. The molecule has 1 heterocycles. The van der Waals surface area contributed by atoms with Gasteiger partial charge in [0.25, 0.3) is 0 Å². The highest BCUT2D eigenvalue weighted by Gasteiger charge is 2.22. The quantitative estimate of drug-likeness (QED) is 0.423. The average Bonchev–Trinajstić information content (AvgIpc) is 3.12. The Balaban J connectivity index is 1.67. The molecule has 0 bridgehead atoms. The molecule has 0 fully saturated rings. The third-order valence-electron chi connectivity index (χ3n) is 4.20. The van der Waals surface area contributed by atoms with E-state index in [1.165, 1.54) is 30.3 Å². The van der Waals surface area contributed by atoms with Crippen molar-refractivity contribution in [2.75, 3.05) is 0 Å². The summed E-state index contributed by atoms with van der Waals surface area (Å²) in [7, 11) is -4.23. The number of nitrogens with zero attached hydrogens (tertiary/aromatic N) is 2. The van der Waals surface area contributed by atoms with Crippen LogP contribution in [0.1, 0.15) is 11.1 Å². The summed E-state index contributed by atoms with van der Waals surface area (Å²) in [6.45, 7) is 1.95. The second-order valence-corrected chi connectivity index (χ2v) is 8.20. The molecule has 8 heteroatoms. The van der Waals surface area contributed by atoms with Gasteiger partial charge in [0.15, 0.2) is 11.3 Å². The van der Waals surface area contributed by atoms with Crippen molar-refractivity contribution in [3.8, 4) is 23.3 Å². The minimum atomic E-state index is -4.23. The lowest BCUT2D eigenvalue weighted by Gasteiger charge is -2.10. The topological polar surface area (TPSA) is 93.2 Å². The third-order valence-corrected chi connectivity index (χ3v) is 5.79. The predicted octanol–water partition coefficient (Wildman–Crippen LogP) is 5.10. The Labute approximate surface area is 172 Å². The Bertz CT molecular complexity index is 1390. The highest BCUT2D eigenvalue weighted by Crippen LogP contribution is 2.33. The summed E-state index contributed by atoms with van der Waals surface area (Å²) in [5.74, 6) is 0.298. The van der Waals surface area contributed by atoms with E-state index in [4.69, 9.17) is 25.5 Å². The van der Waals surface area contributed by atoms with E-state index in [0.29, 0.717) is 22.6 Å². The Morgan fingerprint density at radius 2 is 1.90 bits per heavy atom. The molecule has 1 aromatic heterocycles. The Hall–Kier alpha value is -3.34. The van der Waals surface area contributed by atoms with Crippen molar-refractivity contribution < 1.29 is 17.0 Å². The molecule has 0 N–H and O–H groups in total. The van der Waals surface area contributed by atoms with Crippen LogP contribution in [0.3, 0.4) is 0 Å². The number of hydrogen-bond donors (Lipinski definition) is 0. The van der Waals surface area contributed by atoms with E-state index >= 15 is 0 Å². The van der Waals surface area contributed by atoms with Gasteiger partial charge in [-0.05, 0) is 55.0 Å². The molecule has 29 heavy (non-hydrogen) atoms. The van der Waals surface area contributed by atoms with Crippen molar-refractivity contribution in [1.82, 2.24) is 4.98 Å². The van der Waals surface area contributed by atoms with Gasteiger partial charge in [-0.2, -0.15) is 13.7 Å². The number of halogens is 1. The Morgan fingerprint density at radius 3 is 2.66 bits per heavy atom. The molecule has 4 rings (SSSR count). The zero-order valence-corrected chi connectivity index (χ0v) is 16.7. The molecule has 0 saturated carbocycles. The standard InChI is InChI=1S/C21H13ClN2O4S/c1-13-6-8-17-19(10-13)27-21(24-17)14-7-9-18(16(22)11-14)28-29(25,26)20-5-3-2-4-15(20)12-23/h2-11H,1H3. The number of fused-ring (bicyclic) bond motifs is 1. The highest BCUT2D eigenvalue weighted by molar-refractivity contribution is 7.87. The van der Waals surface area contributed by atoms with Crippen molar-refractivity contribution >= 4 is 32.8 Å². The summed E-state index contributed by atoms with van der Waals surface area (Å²) in [4.78, 5) is 4.19. The molecule has 0 saturated heterocycles. The van der Waals surface area contributed by atoms with Crippen LogP contribution in [-0.2, 0) is 10.1 Å². The number of aryl methyl sites for hydroxylation is 1. The minimum Gasteiger partial charge on any atom is -0.436 e. The molecule has 3 aromatic carbocycles.